The van der Waals surface area contributed by atoms with Gasteiger partial charge < -0.3 is 19.7 Å². The topological polar surface area (TPSA) is 99.9 Å². The maximum Gasteiger partial charge on any atom is 0.339 e. The number of hydrogen-bond acceptors (Lipinski definition) is 4. The summed E-state index contributed by atoms with van der Waals surface area (Å²) in [5.41, 5.74) is -0.0186. The fourth-order valence-corrected chi connectivity index (χ4v) is 1.89. The second-order valence-corrected chi connectivity index (χ2v) is 4.38. The molecular formula is C14H20N2O5. The molecule has 0 aliphatic rings. The molecule has 7 nitrogen and oxygen atoms in total. The van der Waals surface area contributed by atoms with Crippen molar-refractivity contribution < 1.29 is 23.9 Å². The summed E-state index contributed by atoms with van der Waals surface area (Å²) in [5.74, 6) is -1.71. The normalized spacial score (nSPS) is 10.2. The van der Waals surface area contributed by atoms with Gasteiger partial charge in [0.25, 0.3) is 5.91 Å². The molecule has 0 fully saturated rings. The van der Waals surface area contributed by atoms with Gasteiger partial charge in [0.05, 0.1) is 6.54 Å². The lowest BCUT2D eigenvalue weighted by Gasteiger charge is -2.18. The molecule has 0 atom stereocenters. The molecule has 1 aromatic heterocycles. The Morgan fingerprint density at radius 1 is 1.29 bits per heavy atom. The van der Waals surface area contributed by atoms with Gasteiger partial charge in [0.1, 0.15) is 11.3 Å². The highest BCUT2D eigenvalue weighted by Gasteiger charge is 2.24. The van der Waals surface area contributed by atoms with Crippen molar-refractivity contribution in [2.75, 3.05) is 19.6 Å². The Morgan fingerprint density at radius 3 is 2.38 bits per heavy atom. The number of hydrogen-bond donors (Lipinski definition) is 2. The number of nitrogens with zero attached hydrogens (tertiary/aromatic N) is 1. The maximum atomic E-state index is 12.3. The zero-order valence-corrected chi connectivity index (χ0v) is 12.4. The largest absolute Gasteiger partial charge is 0.478 e. The summed E-state index contributed by atoms with van der Waals surface area (Å²) >= 11 is 0. The van der Waals surface area contributed by atoms with Gasteiger partial charge in [-0.15, -0.1) is 0 Å². The van der Waals surface area contributed by atoms with E-state index in [1.807, 2.05) is 0 Å². The molecule has 0 saturated heterocycles. The lowest BCUT2D eigenvalue weighted by Crippen LogP contribution is -2.40. The number of aryl methyl sites for hydroxylation is 1. The van der Waals surface area contributed by atoms with Crippen LogP contribution in [0.15, 0.2) is 10.5 Å². The van der Waals surface area contributed by atoms with Crippen LogP contribution in [-0.4, -0.2) is 47.4 Å². The quantitative estimate of drug-likeness (QED) is 0.786. The molecule has 2 amide bonds. The van der Waals surface area contributed by atoms with Crippen LogP contribution in [0.5, 0.6) is 0 Å². The van der Waals surface area contributed by atoms with Crippen molar-refractivity contribution in [1.82, 2.24) is 10.2 Å². The van der Waals surface area contributed by atoms with Crippen LogP contribution in [0.2, 0.25) is 0 Å². The van der Waals surface area contributed by atoms with E-state index in [0.29, 0.717) is 19.5 Å². The van der Waals surface area contributed by atoms with Gasteiger partial charge in [-0.25, -0.2) is 4.79 Å². The number of nitrogens with one attached hydrogen (secondary N) is 1. The van der Waals surface area contributed by atoms with Gasteiger partial charge in [-0.05, 0) is 13.8 Å². The smallest absolute Gasteiger partial charge is 0.339 e. The van der Waals surface area contributed by atoms with Gasteiger partial charge in [0.15, 0.2) is 5.76 Å². The van der Waals surface area contributed by atoms with Crippen molar-refractivity contribution in [3.63, 3.8) is 0 Å². The third-order valence-corrected chi connectivity index (χ3v) is 2.95. The molecule has 0 saturated carbocycles. The predicted octanol–water partition coefficient (Wildman–Crippen LogP) is 1.14. The van der Waals surface area contributed by atoms with Crippen LogP contribution < -0.4 is 5.32 Å². The fourth-order valence-electron chi connectivity index (χ4n) is 1.89. The lowest BCUT2D eigenvalue weighted by molar-refractivity contribution is -0.121. The summed E-state index contributed by atoms with van der Waals surface area (Å²) in [6.45, 7) is 5.97. The van der Waals surface area contributed by atoms with Crippen molar-refractivity contribution in [3.05, 3.63) is 23.2 Å². The molecule has 1 aromatic rings. The Kier molecular flexibility index (Phi) is 5.95. The van der Waals surface area contributed by atoms with Gasteiger partial charge in [0, 0.05) is 25.6 Å². The highest BCUT2D eigenvalue weighted by atomic mass is 16.4. The molecule has 2 N–H and O–H groups in total. The Hall–Kier alpha value is -2.31. The van der Waals surface area contributed by atoms with E-state index in [-0.39, 0.29) is 29.5 Å². The predicted molar refractivity (Wildman–Crippen MR) is 75.3 cm³/mol. The molecule has 0 spiro atoms. The van der Waals surface area contributed by atoms with E-state index in [1.54, 1.807) is 20.8 Å². The zero-order chi connectivity index (χ0) is 16.0. The number of carbonyl (C=O) groups excluding carboxylic acids is 2. The van der Waals surface area contributed by atoms with E-state index in [2.05, 4.69) is 5.32 Å². The second-order valence-electron chi connectivity index (χ2n) is 4.38. The Labute approximate surface area is 122 Å². The first kappa shape index (κ1) is 16.7. The molecule has 1 rings (SSSR count). The molecule has 116 valence electrons. The number of aromatic carboxylic acids is 1. The standard InChI is InChI=1S/C14H20N2O5/c1-4-10-9(14(19)20)7-11(21-10)13(18)16(6-3)8-12(17)15-5-2/h7H,4-6,8H2,1-3H3,(H,15,17)(H,19,20). The van der Waals surface area contributed by atoms with Gasteiger partial charge in [0.2, 0.25) is 5.91 Å². The third kappa shape index (κ3) is 4.08. The summed E-state index contributed by atoms with van der Waals surface area (Å²) < 4.78 is 5.31. The first-order valence-corrected chi connectivity index (χ1v) is 6.86. The van der Waals surface area contributed by atoms with Crippen LogP contribution >= 0.6 is 0 Å². The van der Waals surface area contributed by atoms with Gasteiger partial charge in [-0.2, -0.15) is 0 Å². The molecule has 0 radical (unpaired) electrons. The van der Waals surface area contributed by atoms with Crippen LogP contribution in [0.25, 0.3) is 0 Å². The Balaban J connectivity index is 2.95. The summed E-state index contributed by atoms with van der Waals surface area (Å²) in [6, 6.07) is 1.21. The SMILES string of the molecule is CCNC(=O)CN(CC)C(=O)c1cc(C(=O)O)c(CC)o1. The van der Waals surface area contributed by atoms with E-state index >= 15 is 0 Å². The zero-order valence-electron chi connectivity index (χ0n) is 12.4. The number of carboxylic acids is 1. The maximum absolute atomic E-state index is 12.3. The molecule has 0 aromatic carbocycles. The van der Waals surface area contributed by atoms with Crippen molar-refractivity contribution in [3.8, 4) is 0 Å². The third-order valence-electron chi connectivity index (χ3n) is 2.95. The van der Waals surface area contributed by atoms with E-state index in [4.69, 9.17) is 9.52 Å². The molecule has 0 bridgehead atoms. The van der Waals surface area contributed by atoms with Crippen LogP contribution in [0.4, 0.5) is 0 Å². The number of carboxylic acid groups (broad SMARTS) is 1. The fraction of sp³-hybridized carbons (Fsp3) is 0.500. The summed E-state index contributed by atoms with van der Waals surface area (Å²) in [5, 5.41) is 11.7. The summed E-state index contributed by atoms with van der Waals surface area (Å²) in [4.78, 5) is 36.2. The molecular weight excluding hydrogens is 276 g/mol. The monoisotopic (exact) mass is 296 g/mol. The minimum atomic E-state index is -1.14. The minimum Gasteiger partial charge on any atom is -0.478 e. The Bertz CT molecular complexity index is 535. The van der Waals surface area contributed by atoms with Crippen molar-refractivity contribution in [2.45, 2.75) is 27.2 Å². The van der Waals surface area contributed by atoms with Gasteiger partial charge in [-0.3, -0.25) is 9.59 Å². The number of furan rings is 1. The number of likely N-dealkylation sites (N-methyl/N-ethyl adjacent to an activating group) is 2. The first-order chi connectivity index (χ1) is 9.94. The molecule has 0 aliphatic heterocycles. The first-order valence-electron chi connectivity index (χ1n) is 6.86. The van der Waals surface area contributed by atoms with Crippen LogP contribution in [-0.2, 0) is 11.2 Å². The van der Waals surface area contributed by atoms with Crippen LogP contribution in [0.1, 0.15) is 47.4 Å². The minimum absolute atomic E-state index is 0.0186. The van der Waals surface area contributed by atoms with Crippen LogP contribution in [0.3, 0.4) is 0 Å². The molecule has 0 unspecified atom stereocenters. The molecule has 7 heteroatoms. The van der Waals surface area contributed by atoms with Crippen molar-refractivity contribution >= 4 is 17.8 Å². The summed E-state index contributed by atoms with van der Waals surface area (Å²) in [7, 11) is 0. The van der Waals surface area contributed by atoms with Crippen molar-refractivity contribution in [2.24, 2.45) is 0 Å². The highest BCUT2D eigenvalue weighted by Crippen LogP contribution is 2.18. The molecule has 1 heterocycles. The number of carbonyl (C=O) groups is 3. The number of rotatable bonds is 7. The van der Waals surface area contributed by atoms with Gasteiger partial charge >= 0.3 is 5.97 Å². The van der Waals surface area contributed by atoms with Crippen molar-refractivity contribution in [1.29, 1.82) is 0 Å². The highest BCUT2D eigenvalue weighted by molar-refractivity contribution is 5.97. The average molecular weight is 296 g/mol. The Morgan fingerprint density at radius 2 is 1.95 bits per heavy atom. The van der Waals surface area contributed by atoms with E-state index < -0.39 is 11.9 Å². The van der Waals surface area contributed by atoms with E-state index in [9.17, 15) is 14.4 Å². The summed E-state index contributed by atoms with van der Waals surface area (Å²) in [6.07, 6.45) is 0.372. The van der Waals surface area contributed by atoms with E-state index in [1.165, 1.54) is 11.0 Å². The number of amides is 2. The molecule has 21 heavy (non-hydrogen) atoms. The van der Waals surface area contributed by atoms with E-state index in [0.717, 1.165) is 0 Å². The van der Waals surface area contributed by atoms with Crippen LogP contribution in [0, 0.1) is 0 Å². The second kappa shape index (κ2) is 7.47. The average Bonchev–Trinajstić information content (AvgIpc) is 2.88. The molecule has 0 aliphatic carbocycles. The van der Waals surface area contributed by atoms with Gasteiger partial charge in [-0.1, -0.05) is 6.92 Å². The lowest BCUT2D eigenvalue weighted by atomic mass is 10.2.